The van der Waals surface area contributed by atoms with E-state index in [-0.39, 0.29) is 17.2 Å². The monoisotopic (exact) mass is 476 g/mol. The molecule has 1 fully saturated rings. The highest BCUT2D eigenvalue weighted by Gasteiger charge is 2.39. The van der Waals surface area contributed by atoms with Crippen LogP contribution in [0.15, 0.2) is 42.6 Å². The van der Waals surface area contributed by atoms with Gasteiger partial charge in [-0.05, 0) is 62.2 Å². The van der Waals surface area contributed by atoms with Crippen molar-refractivity contribution >= 4 is 11.7 Å². The van der Waals surface area contributed by atoms with Gasteiger partial charge in [0, 0.05) is 37.2 Å². The molecule has 1 aliphatic heterocycles. The number of nitrogens with zero attached hydrogens (tertiary/aromatic N) is 3. The van der Waals surface area contributed by atoms with Gasteiger partial charge in [-0.15, -0.1) is 0 Å². The lowest BCUT2D eigenvalue weighted by molar-refractivity contribution is -0.136. The molecule has 1 aliphatic carbocycles. The van der Waals surface area contributed by atoms with E-state index in [4.69, 9.17) is 0 Å². The van der Waals surface area contributed by atoms with Crippen molar-refractivity contribution in [2.45, 2.75) is 57.8 Å². The van der Waals surface area contributed by atoms with Crippen LogP contribution in [0.1, 0.15) is 43.4 Å². The number of alkyl halides is 3. The summed E-state index contributed by atoms with van der Waals surface area (Å²) in [4.78, 5) is 21.6. The Kier molecular flexibility index (Phi) is 8.57. The maximum Gasteiger partial charge on any atom is 0.379 e. The second-order valence-electron chi connectivity index (χ2n) is 9.85. The normalized spacial score (nSPS) is 19.8. The largest absolute Gasteiger partial charge is 0.379 e. The van der Waals surface area contributed by atoms with Gasteiger partial charge in [0.1, 0.15) is 5.82 Å². The molecule has 0 radical (unpaired) electrons. The number of hydrogen-bond donors (Lipinski definition) is 1. The molecule has 2 heterocycles. The van der Waals surface area contributed by atoms with Crippen LogP contribution >= 0.6 is 0 Å². The number of fused-ring (bicyclic) bond motifs is 1. The highest BCUT2D eigenvalue weighted by molar-refractivity contribution is 5.78. The standard InChI is InChI=1S/C25H34N4O.CHF3/c1-25(2)21-8-6-5-7-20(21)15-22(25)27-23-10-9-18(16-26-23)17-29(4)24(30)19-11-13-28(3)14-12-19;2-1(3)4/h5-10,16,19,22H,11-15,17H2,1-4H3,(H,26,27);1H. The summed E-state index contributed by atoms with van der Waals surface area (Å²) in [5.74, 6) is 1.32. The SMILES string of the molecule is CN1CCC(C(=O)N(C)Cc2ccc(NC3Cc4ccccc4C3(C)C)nc2)CC1.FC(F)F. The number of nitrogens with one attached hydrogen (secondary N) is 1. The molecule has 0 saturated carbocycles. The van der Waals surface area contributed by atoms with Crippen molar-refractivity contribution in [2.24, 2.45) is 5.92 Å². The summed E-state index contributed by atoms with van der Waals surface area (Å²) in [5, 5.41) is 3.64. The van der Waals surface area contributed by atoms with Gasteiger partial charge in [-0.25, -0.2) is 4.98 Å². The average molecular weight is 477 g/mol. The molecule has 1 saturated heterocycles. The van der Waals surface area contributed by atoms with E-state index in [2.05, 4.69) is 66.4 Å². The Bertz CT molecular complexity index is 941. The molecule has 1 amide bonds. The zero-order valence-electron chi connectivity index (χ0n) is 20.4. The molecule has 0 bridgehead atoms. The molecule has 8 heteroatoms. The third-order valence-corrected chi connectivity index (χ3v) is 7.02. The number of carbonyl (C=O) groups is 1. The summed E-state index contributed by atoms with van der Waals surface area (Å²) in [6.07, 6.45) is 4.83. The van der Waals surface area contributed by atoms with E-state index < -0.39 is 6.68 Å². The Labute approximate surface area is 200 Å². The van der Waals surface area contributed by atoms with Gasteiger partial charge in [0.25, 0.3) is 0 Å². The quantitative estimate of drug-likeness (QED) is 0.669. The lowest BCUT2D eigenvalue weighted by Gasteiger charge is -2.31. The van der Waals surface area contributed by atoms with Crippen LogP contribution in [0.5, 0.6) is 0 Å². The molecular weight excluding hydrogens is 441 g/mol. The molecule has 2 aliphatic rings. The van der Waals surface area contributed by atoms with E-state index in [9.17, 15) is 18.0 Å². The van der Waals surface area contributed by atoms with Gasteiger partial charge in [0.15, 0.2) is 0 Å². The minimum absolute atomic E-state index is 0.0671. The lowest BCUT2D eigenvalue weighted by atomic mass is 9.83. The molecule has 1 aromatic carbocycles. The van der Waals surface area contributed by atoms with E-state index >= 15 is 0 Å². The first-order valence-corrected chi connectivity index (χ1v) is 11.7. The van der Waals surface area contributed by atoms with E-state index in [0.29, 0.717) is 12.6 Å². The number of halogens is 3. The predicted octanol–water partition coefficient (Wildman–Crippen LogP) is 4.87. The van der Waals surface area contributed by atoms with Crippen LogP contribution in [0.4, 0.5) is 19.0 Å². The van der Waals surface area contributed by atoms with Crippen molar-refractivity contribution in [3.05, 3.63) is 59.3 Å². The average Bonchev–Trinajstić information content (AvgIpc) is 3.04. The van der Waals surface area contributed by atoms with Crippen LogP contribution in [-0.4, -0.2) is 60.6 Å². The van der Waals surface area contributed by atoms with Crippen molar-refractivity contribution in [1.29, 1.82) is 0 Å². The summed E-state index contributed by atoms with van der Waals surface area (Å²) in [6, 6.07) is 13.2. The van der Waals surface area contributed by atoms with E-state index in [1.165, 1.54) is 11.1 Å². The zero-order chi connectivity index (χ0) is 24.9. The van der Waals surface area contributed by atoms with Gasteiger partial charge in [-0.3, -0.25) is 4.79 Å². The topological polar surface area (TPSA) is 48.5 Å². The minimum Gasteiger partial charge on any atom is -0.366 e. The number of carbonyl (C=O) groups excluding carboxylic acids is 1. The fraction of sp³-hybridized carbons (Fsp3) is 0.538. The van der Waals surface area contributed by atoms with E-state index in [1.807, 2.05) is 24.2 Å². The van der Waals surface area contributed by atoms with Gasteiger partial charge in [-0.2, -0.15) is 13.2 Å². The Hall–Kier alpha value is -2.61. The number of anilines is 1. The van der Waals surface area contributed by atoms with Crippen LogP contribution in [0, 0.1) is 5.92 Å². The van der Waals surface area contributed by atoms with Crippen molar-refractivity contribution in [2.75, 3.05) is 32.5 Å². The molecule has 1 unspecified atom stereocenters. The number of rotatable bonds is 5. The number of hydrogen-bond acceptors (Lipinski definition) is 4. The Morgan fingerprint density at radius 3 is 2.41 bits per heavy atom. The Morgan fingerprint density at radius 1 is 1.18 bits per heavy atom. The first kappa shape index (κ1) is 26.0. The van der Waals surface area contributed by atoms with Crippen LogP contribution in [0.25, 0.3) is 0 Å². The number of likely N-dealkylation sites (tertiary alicyclic amines) is 1. The van der Waals surface area contributed by atoms with Crippen LogP contribution in [-0.2, 0) is 23.2 Å². The highest BCUT2D eigenvalue weighted by Crippen LogP contribution is 2.39. The number of benzene rings is 1. The third kappa shape index (κ3) is 6.50. The maximum absolute atomic E-state index is 12.8. The smallest absolute Gasteiger partial charge is 0.366 e. The summed E-state index contributed by atoms with van der Waals surface area (Å²) in [7, 11) is 4.03. The molecule has 186 valence electrons. The molecule has 34 heavy (non-hydrogen) atoms. The Balaban J connectivity index is 0.000000751. The third-order valence-electron chi connectivity index (χ3n) is 7.02. The van der Waals surface area contributed by atoms with Gasteiger partial charge in [0.2, 0.25) is 5.91 Å². The van der Waals surface area contributed by atoms with E-state index in [0.717, 1.165) is 43.7 Å². The van der Waals surface area contributed by atoms with Crippen molar-refractivity contribution in [1.82, 2.24) is 14.8 Å². The molecule has 1 atom stereocenters. The maximum atomic E-state index is 12.8. The molecule has 1 aromatic heterocycles. The summed E-state index contributed by atoms with van der Waals surface area (Å²) < 4.78 is 29.0. The molecule has 1 N–H and O–H groups in total. The van der Waals surface area contributed by atoms with Crippen LogP contribution < -0.4 is 5.32 Å². The predicted molar refractivity (Wildman–Crippen MR) is 129 cm³/mol. The lowest BCUT2D eigenvalue weighted by Crippen LogP contribution is -2.39. The first-order chi connectivity index (χ1) is 16.1. The zero-order valence-corrected chi connectivity index (χ0v) is 20.4. The second kappa shape index (κ2) is 11.2. The molecule has 0 spiro atoms. The molecule has 5 nitrogen and oxygen atoms in total. The van der Waals surface area contributed by atoms with Gasteiger partial charge in [0.05, 0.1) is 0 Å². The summed E-state index contributed by atoms with van der Waals surface area (Å²) in [5.41, 5.74) is 3.98. The number of pyridine rings is 1. The first-order valence-electron chi connectivity index (χ1n) is 11.7. The number of aromatic nitrogens is 1. The minimum atomic E-state index is -3.67. The van der Waals surface area contributed by atoms with Gasteiger partial charge < -0.3 is 15.1 Å². The number of amides is 1. The second-order valence-corrected chi connectivity index (χ2v) is 9.85. The van der Waals surface area contributed by atoms with Crippen LogP contribution in [0.3, 0.4) is 0 Å². The van der Waals surface area contributed by atoms with Gasteiger partial charge in [-0.1, -0.05) is 44.2 Å². The van der Waals surface area contributed by atoms with E-state index in [1.54, 1.807) is 0 Å². The van der Waals surface area contributed by atoms with Crippen LogP contribution in [0.2, 0.25) is 0 Å². The van der Waals surface area contributed by atoms with Gasteiger partial charge >= 0.3 is 6.68 Å². The number of piperidine rings is 1. The van der Waals surface area contributed by atoms with Crippen molar-refractivity contribution < 1.29 is 18.0 Å². The van der Waals surface area contributed by atoms with Crippen molar-refractivity contribution in [3.63, 3.8) is 0 Å². The molecular formula is C26H35F3N4O. The fourth-order valence-corrected chi connectivity index (χ4v) is 4.92. The molecule has 4 rings (SSSR count). The Morgan fingerprint density at radius 2 is 1.82 bits per heavy atom. The summed E-state index contributed by atoms with van der Waals surface area (Å²) >= 11 is 0. The molecule has 2 aromatic rings. The fourth-order valence-electron chi connectivity index (χ4n) is 4.92. The van der Waals surface area contributed by atoms with Crippen molar-refractivity contribution in [3.8, 4) is 0 Å². The highest BCUT2D eigenvalue weighted by atomic mass is 19.4. The summed E-state index contributed by atoms with van der Waals surface area (Å²) in [6.45, 7) is 3.56.